The highest BCUT2D eigenvalue weighted by molar-refractivity contribution is 5.24. The van der Waals surface area contributed by atoms with Crippen molar-refractivity contribution < 1.29 is 19.3 Å². The van der Waals surface area contributed by atoms with E-state index in [1.165, 1.54) is 19.4 Å². The summed E-state index contributed by atoms with van der Waals surface area (Å²) in [5, 5.41) is 15.0. The molecule has 8 nitrogen and oxygen atoms in total. The number of nitrogens with zero attached hydrogens (tertiary/aromatic N) is 3. The summed E-state index contributed by atoms with van der Waals surface area (Å²) in [6.07, 6.45) is 2.52. The van der Waals surface area contributed by atoms with Gasteiger partial charge in [-0.2, -0.15) is 0 Å². The van der Waals surface area contributed by atoms with Crippen LogP contribution in [0, 0.1) is 23.2 Å². The fourth-order valence-electron chi connectivity index (χ4n) is 8.18. The van der Waals surface area contributed by atoms with Gasteiger partial charge in [-0.15, -0.1) is 0 Å². The van der Waals surface area contributed by atoms with Crippen LogP contribution in [0.15, 0.2) is 24.5 Å². The molecule has 3 heterocycles. The van der Waals surface area contributed by atoms with Gasteiger partial charge in [-0.05, 0) is 107 Å². The summed E-state index contributed by atoms with van der Waals surface area (Å²) >= 11 is 0. The van der Waals surface area contributed by atoms with Crippen LogP contribution in [0.3, 0.4) is 0 Å². The highest BCUT2D eigenvalue weighted by Crippen LogP contribution is 2.44. The van der Waals surface area contributed by atoms with Crippen molar-refractivity contribution in [1.29, 1.82) is 0 Å². The molecule has 0 saturated carbocycles. The average molecular weight is 621 g/mol. The summed E-state index contributed by atoms with van der Waals surface area (Å²) in [6.45, 7) is 30.7. The fourth-order valence-corrected chi connectivity index (χ4v) is 8.18. The normalized spacial score (nSPS) is 40.8. The number of hydrogen-bond donors (Lipinski definition) is 2. The number of aliphatic hydroxyl groups is 1. The summed E-state index contributed by atoms with van der Waals surface area (Å²) in [5.41, 5.74) is -0.120. The third kappa shape index (κ3) is 8.47. The molecule has 8 heteroatoms. The Morgan fingerprint density at radius 1 is 1.11 bits per heavy atom. The molecule has 0 bridgehead atoms. The van der Waals surface area contributed by atoms with Gasteiger partial charge in [0.15, 0.2) is 0 Å². The number of allylic oxidation sites excluding steroid dienone is 1. The average Bonchev–Trinajstić information content (AvgIpc) is 2.95. The molecule has 3 aliphatic heterocycles. The van der Waals surface area contributed by atoms with Crippen molar-refractivity contribution in [2.24, 2.45) is 23.2 Å². The van der Waals surface area contributed by atoms with Crippen molar-refractivity contribution in [3.8, 4) is 0 Å². The Kier molecular flexibility index (Phi) is 13.0. The van der Waals surface area contributed by atoms with Gasteiger partial charge in [-0.25, -0.2) is 0 Å². The minimum atomic E-state index is -0.677. The van der Waals surface area contributed by atoms with E-state index in [2.05, 4.69) is 95.6 Å². The molecule has 3 rings (SSSR count). The van der Waals surface area contributed by atoms with Crippen molar-refractivity contribution in [1.82, 2.24) is 20.0 Å². The summed E-state index contributed by atoms with van der Waals surface area (Å²) in [5.74, 6) is 1.51. The van der Waals surface area contributed by atoms with Crippen molar-refractivity contribution in [2.75, 3.05) is 54.5 Å². The van der Waals surface area contributed by atoms with Crippen LogP contribution in [0.1, 0.15) is 81.1 Å². The first-order chi connectivity index (χ1) is 20.4. The summed E-state index contributed by atoms with van der Waals surface area (Å²) in [4.78, 5) is 7.25. The Balaban J connectivity index is 1.99. The maximum Gasteiger partial charge on any atom is 0.136 e. The van der Waals surface area contributed by atoms with Crippen LogP contribution in [0.2, 0.25) is 0 Å². The molecule has 44 heavy (non-hydrogen) atoms. The Hall–Kier alpha value is -1.00. The first-order valence-corrected chi connectivity index (χ1v) is 17.2. The smallest absolute Gasteiger partial charge is 0.136 e. The van der Waals surface area contributed by atoms with E-state index in [0.717, 1.165) is 37.3 Å². The molecule has 3 saturated heterocycles. The number of methoxy groups -OCH3 is 1. The van der Waals surface area contributed by atoms with Crippen molar-refractivity contribution in [2.45, 2.75) is 129 Å². The Morgan fingerprint density at radius 3 is 2.36 bits per heavy atom. The maximum absolute atomic E-state index is 11.5. The zero-order valence-corrected chi connectivity index (χ0v) is 30.4. The van der Waals surface area contributed by atoms with E-state index in [9.17, 15) is 5.11 Å². The number of likely N-dealkylation sites (tertiary alicyclic amines) is 1. The summed E-state index contributed by atoms with van der Waals surface area (Å²) in [7, 11) is 8.11. The van der Waals surface area contributed by atoms with Gasteiger partial charge in [0.05, 0.1) is 17.5 Å². The Morgan fingerprint density at radius 2 is 1.77 bits per heavy atom. The van der Waals surface area contributed by atoms with Gasteiger partial charge in [0.25, 0.3) is 0 Å². The van der Waals surface area contributed by atoms with E-state index in [1.807, 2.05) is 14.1 Å². The van der Waals surface area contributed by atoms with Crippen molar-refractivity contribution >= 4 is 0 Å². The number of likely N-dealkylation sites (N-methyl/N-ethyl adjacent to an activating group) is 2. The molecule has 10 atom stereocenters. The van der Waals surface area contributed by atoms with Crippen molar-refractivity contribution in [3.05, 3.63) is 24.5 Å². The van der Waals surface area contributed by atoms with Crippen LogP contribution in [0.25, 0.3) is 0 Å². The van der Waals surface area contributed by atoms with Crippen LogP contribution < -0.4 is 5.32 Å². The molecule has 0 radical (unpaired) electrons. The van der Waals surface area contributed by atoms with Gasteiger partial charge in [0, 0.05) is 55.7 Å². The molecule has 256 valence electrons. The van der Waals surface area contributed by atoms with Crippen LogP contribution in [0.4, 0.5) is 0 Å². The predicted molar refractivity (Wildman–Crippen MR) is 182 cm³/mol. The predicted octanol–water partition coefficient (Wildman–Crippen LogP) is 4.99. The molecule has 0 spiro atoms. The van der Waals surface area contributed by atoms with E-state index in [0.29, 0.717) is 24.5 Å². The quantitative estimate of drug-likeness (QED) is 0.403. The van der Waals surface area contributed by atoms with E-state index in [-0.39, 0.29) is 30.1 Å². The third-order valence-electron chi connectivity index (χ3n) is 11.4. The lowest BCUT2D eigenvalue weighted by atomic mass is 9.71. The standard InChI is InChI=1S/C36H68N4O4/c1-23(2)40-17-15-16-29(21-40)31-22-43-28(7)35(8,9)27(6)26(5)33(36(10,42-14)19-24(3)20-39(31)13)44-34-32(41)30(38(11)12)18-25(4)37-34/h23-26,29-34,37,41H,6-7,15-22H2,1-5,8-14H3/t24-,25-,26+,29?,30+,31+,32-,33-,34+,36-/m1/s1. The second kappa shape index (κ2) is 15.3. The number of piperidine rings is 2. The summed E-state index contributed by atoms with van der Waals surface area (Å²) in [6, 6.07) is 1.03. The first-order valence-electron chi connectivity index (χ1n) is 17.2. The Labute approximate surface area is 270 Å². The van der Waals surface area contributed by atoms with E-state index in [1.54, 1.807) is 7.11 Å². The van der Waals surface area contributed by atoms with Gasteiger partial charge >= 0.3 is 0 Å². The largest absolute Gasteiger partial charge is 0.496 e. The van der Waals surface area contributed by atoms with Gasteiger partial charge < -0.3 is 29.1 Å². The van der Waals surface area contributed by atoms with Crippen LogP contribution in [-0.2, 0) is 14.2 Å². The van der Waals surface area contributed by atoms with E-state index in [4.69, 9.17) is 14.2 Å². The minimum absolute atomic E-state index is 0.00107. The molecule has 0 aromatic heterocycles. The Bertz CT molecular complexity index is 956. The topological polar surface area (TPSA) is 69.7 Å². The van der Waals surface area contributed by atoms with Crippen LogP contribution >= 0.6 is 0 Å². The molecular formula is C36H68N4O4. The van der Waals surface area contributed by atoms with Gasteiger partial charge in [0.2, 0.25) is 0 Å². The first kappa shape index (κ1) is 37.5. The highest BCUT2D eigenvalue weighted by Gasteiger charge is 2.48. The second-order valence-electron chi connectivity index (χ2n) is 15.8. The lowest BCUT2D eigenvalue weighted by Gasteiger charge is -2.48. The molecule has 3 fully saturated rings. The van der Waals surface area contributed by atoms with Gasteiger partial charge in [0.1, 0.15) is 18.9 Å². The number of rotatable bonds is 6. The third-order valence-corrected chi connectivity index (χ3v) is 11.4. The molecule has 2 N–H and O–H groups in total. The maximum atomic E-state index is 11.5. The molecule has 0 aliphatic carbocycles. The van der Waals surface area contributed by atoms with Crippen molar-refractivity contribution in [3.63, 3.8) is 0 Å². The van der Waals surface area contributed by atoms with E-state index < -0.39 is 23.3 Å². The molecule has 0 amide bonds. The zero-order chi connectivity index (χ0) is 33.1. The van der Waals surface area contributed by atoms with Crippen LogP contribution in [-0.4, -0.2) is 123 Å². The van der Waals surface area contributed by atoms with Crippen LogP contribution in [0.5, 0.6) is 0 Å². The van der Waals surface area contributed by atoms with Gasteiger partial charge in [-0.1, -0.05) is 32.6 Å². The molecule has 0 aromatic carbocycles. The molecular weight excluding hydrogens is 552 g/mol. The monoisotopic (exact) mass is 621 g/mol. The number of hydrogen-bond acceptors (Lipinski definition) is 8. The number of nitrogens with one attached hydrogen (secondary N) is 1. The molecule has 1 unspecified atom stereocenters. The molecule has 3 aliphatic rings. The number of ether oxygens (including phenoxy) is 3. The highest BCUT2D eigenvalue weighted by atomic mass is 16.6. The SMILES string of the molecule is C=C1OC[C@@H](C2CCCN(C(C)C)C2)N(C)C[C@H](C)C[C@@](C)(OC)[C@H](O[C@@H]2N[C@H](C)C[C@H](N(C)C)[C@H]2O)[C@@H](C)C(=C)C1(C)C. The second-order valence-corrected chi connectivity index (χ2v) is 15.8. The summed E-state index contributed by atoms with van der Waals surface area (Å²) < 4.78 is 20.1. The van der Waals surface area contributed by atoms with Gasteiger partial charge in [-0.3, -0.25) is 10.2 Å². The number of aliphatic hydroxyl groups excluding tert-OH is 1. The van der Waals surface area contributed by atoms with E-state index >= 15 is 0 Å². The zero-order valence-electron chi connectivity index (χ0n) is 30.4. The lowest BCUT2D eigenvalue weighted by Crippen LogP contribution is -2.63. The fraction of sp³-hybridized carbons (Fsp3) is 0.889. The lowest BCUT2D eigenvalue weighted by molar-refractivity contribution is -0.206. The minimum Gasteiger partial charge on any atom is -0.496 e. The molecule has 0 aromatic rings.